The number of amides is 1. The second-order valence-corrected chi connectivity index (χ2v) is 3.91. The number of hydrogen-bond acceptors (Lipinski definition) is 3. The summed E-state index contributed by atoms with van der Waals surface area (Å²) in [4.78, 5) is 11.7. The van der Waals surface area contributed by atoms with E-state index in [0.29, 0.717) is 11.6 Å². The molecule has 1 aromatic carbocycles. The number of aromatic hydroxyl groups is 1. The maximum absolute atomic E-state index is 11.7. The molecule has 88 valence electrons. The number of carbonyl (C=O) groups is 1. The molecule has 4 nitrogen and oxygen atoms in total. The number of furan rings is 1. The van der Waals surface area contributed by atoms with E-state index in [0.717, 1.165) is 5.56 Å². The van der Waals surface area contributed by atoms with E-state index in [1.54, 1.807) is 18.4 Å². The van der Waals surface area contributed by atoms with Crippen LogP contribution in [0.5, 0.6) is 5.75 Å². The molecule has 0 fully saturated rings. The second kappa shape index (κ2) is 4.93. The summed E-state index contributed by atoms with van der Waals surface area (Å²) in [6.07, 6.45) is 3.07. The van der Waals surface area contributed by atoms with Gasteiger partial charge in [-0.3, -0.25) is 4.79 Å². The average molecular weight is 252 g/mol. The molecule has 1 amide bonds. The third kappa shape index (κ3) is 2.79. The van der Waals surface area contributed by atoms with Gasteiger partial charge >= 0.3 is 0 Å². The summed E-state index contributed by atoms with van der Waals surface area (Å²) in [5.74, 6) is -0.498. The van der Waals surface area contributed by atoms with Crippen molar-refractivity contribution in [1.82, 2.24) is 5.32 Å². The summed E-state index contributed by atoms with van der Waals surface area (Å²) in [6, 6.07) is 6.10. The van der Waals surface area contributed by atoms with Crippen LogP contribution in [0.3, 0.4) is 0 Å². The maximum atomic E-state index is 11.7. The van der Waals surface area contributed by atoms with Crippen LogP contribution in [-0.2, 0) is 6.54 Å². The van der Waals surface area contributed by atoms with E-state index in [4.69, 9.17) is 16.0 Å². The first-order valence-electron chi connectivity index (χ1n) is 4.94. The number of hydrogen-bond donors (Lipinski definition) is 2. The van der Waals surface area contributed by atoms with E-state index in [1.165, 1.54) is 18.4 Å². The fourth-order valence-electron chi connectivity index (χ4n) is 1.37. The number of carbonyl (C=O) groups excluding carboxylic acids is 1. The van der Waals surface area contributed by atoms with Crippen LogP contribution in [0.25, 0.3) is 0 Å². The zero-order valence-electron chi connectivity index (χ0n) is 8.81. The Labute approximate surface area is 103 Å². The lowest BCUT2D eigenvalue weighted by Gasteiger charge is -2.05. The molecule has 0 atom stereocenters. The Bertz CT molecular complexity index is 523. The van der Waals surface area contributed by atoms with Crippen LogP contribution < -0.4 is 5.32 Å². The van der Waals surface area contributed by atoms with Crippen molar-refractivity contribution in [1.29, 1.82) is 0 Å². The Morgan fingerprint density at radius 2 is 2.24 bits per heavy atom. The molecule has 2 rings (SSSR count). The highest BCUT2D eigenvalue weighted by molar-refractivity contribution is 6.30. The number of phenolic OH excluding ortho intramolecular Hbond substituents is 1. The van der Waals surface area contributed by atoms with Crippen LogP contribution in [0.15, 0.2) is 41.2 Å². The minimum Gasteiger partial charge on any atom is -0.507 e. The van der Waals surface area contributed by atoms with Gasteiger partial charge in [-0.15, -0.1) is 0 Å². The minimum absolute atomic E-state index is 0.137. The number of phenols is 1. The van der Waals surface area contributed by atoms with Crippen LogP contribution in [0.2, 0.25) is 5.02 Å². The molecule has 0 saturated heterocycles. The monoisotopic (exact) mass is 251 g/mol. The highest BCUT2D eigenvalue weighted by atomic mass is 35.5. The van der Waals surface area contributed by atoms with E-state index < -0.39 is 0 Å². The Morgan fingerprint density at radius 3 is 2.88 bits per heavy atom. The fraction of sp³-hybridized carbons (Fsp3) is 0.0833. The number of halogens is 1. The SMILES string of the molecule is O=C(NCc1ccoc1)c1ccc(Cl)cc1O. The predicted molar refractivity (Wildman–Crippen MR) is 63.0 cm³/mol. The third-order valence-electron chi connectivity index (χ3n) is 2.24. The van der Waals surface area contributed by atoms with Gasteiger partial charge in [-0.25, -0.2) is 0 Å². The minimum atomic E-state index is -0.361. The van der Waals surface area contributed by atoms with Crippen molar-refractivity contribution in [2.75, 3.05) is 0 Å². The molecule has 1 aromatic heterocycles. The molecule has 2 N–H and O–H groups in total. The maximum Gasteiger partial charge on any atom is 0.255 e. The molecule has 0 bridgehead atoms. The van der Waals surface area contributed by atoms with E-state index >= 15 is 0 Å². The van der Waals surface area contributed by atoms with E-state index in [2.05, 4.69) is 5.32 Å². The molecule has 0 aliphatic carbocycles. The Hall–Kier alpha value is -1.94. The van der Waals surface area contributed by atoms with Gasteiger partial charge in [0, 0.05) is 17.1 Å². The first-order valence-corrected chi connectivity index (χ1v) is 5.32. The molecule has 0 saturated carbocycles. The molecule has 0 unspecified atom stereocenters. The van der Waals surface area contributed by atoms with Gasteiger partial charge in [0.1, 0.15) is 5.75 Å². The van der Waals surface area contributed by atoms with Gasteiger partial charge in [0.2, 0.25) is 0 Å². The zero-order valence-corrected chi connectivity index (χ0v) is 9.57. The van der Waals surface area contributed by atoms with Crippen LogP contribution >= 0.6 is 11.6 Å². The van der Waals surface area contributed by atoms with E-state index in [-0.39, 0.29) is 17.2 Å². The van der Waals surface area contributed by atoms with E-state index in [1.807, 2.05) is 0 Å². The van der Waals surface area contributed by atoms with Crippen LogP contribution in [0.1, 0.15) is 15.9 Å². The summed E-state index contributed by atoms with van der Waals surface area (Å²) in [5.41, 5.74) is 1.05. The molecule has 1 heterocycles. The third-order valence-corrected chi connectivity index (χ3v) is 2.47. The van der Waals surface area contributed by atoms with Crippen LogP contribution in [-0.4, -0.2) is 11.0 Å². The van der Waals surface area contributed by atoms with Crippen molar-refractivity contribution in [3.8, 4) is 5.75 Å². The van der Waals surface area contributed by atoms with Crippen molar-refractivity contribution in [2.24, 2.45) is 0 Å². The standard InChI is InChI=1S/C12H10ClNO3/c13-9-1-2-10(11(15)5-9)12(16)14-6-8-3-4-17-7-8/h1-5,7,15H,6H2,(H,14,16). The Kier molecular flexibility index (Phi) is 3.35. The van der Waals surface area contributed by atoms with Crippen molar-refractivity contribution < 1.29 is 14.3 Å². The molecule has 0 spiro atoms. The summed E-state index contributed by atoms with van der Waals surface area (Å²) in [7, 11) is 0. The van der Waals surface area contributed by atoms with Crippen molar-refractivity contribution in [3.05, 3.63) is 52.9 Å². The summed E-state index contributed by atoms with van der Waals surface area (Å²) >= 11 is 5.68. The molecular formula is C12H10ClNO3. The highest BCUT2D eigenvalue weighted by Crippen LogP contribution is 2.21. The van der Waals surface area contributed by atoms with Crippen LogP contribution in [0, 0.1) is 0 Å². The van der Waals surface area contributed by atoms with Gasteiger partial charge in [-0.1, -0.05) is 11.6 Å². The van der Waals surface area contributed by atoms with Gasteiger partial charge < -0.3 is 14.8 Å². The summed E-state index contributed by atoms with van der Waals surface area (Å²) in [6.45, 7) is 0.345. The van der Waals surface area contributed by atoms with Gasteiger partial charge in [-0.05, 0) is 24.3 Å². The first-order chi connectivity index (χ1) is 8.16. The molecule has 0 radical (unpaired) electrons. The van der Waals surface area contributed by atoms with Gasteiger partial charge in [0.15, 0.2) is 0 Å². The van der Waals surface area contributed by atoms with Crippen molar-refractivity contribution >= 4 is 17.5 Å². The highest BCUT2D eigenvalue weighted by Gasteiger charge is 2.10. The van der Waals surface area contributed by atoms with Gasteiger partial charge in [0.05, 0.1) is 18.1 Å². The summed E-state index contributed by atoms with van der Waals surface area (Å²) in [5, 5.41) is 12.6. The summed E-state index contributed by atoms with van der Waals surface area (Å²) < 4.78 is 4.87. The molecule has 17 heavy (non-hydrogen) atoms. The van der Waals surface area contributed by atoms with Crippen molar-refractivity contribution in [2.45, 2.75) is 6.54 Å². The lowest BCUT2D eigenvalue weighted by molar-refractivity contribution is 0.0948. The lowest BCUT2D eigenvalue weighted by atomic mass is 10.2. The molecule has 0 aliphatic rings. The first kappa shape index (κ1) is 11.5. The molecule has 0 aliphatic heterocycles. The largest absolute Gasteiger partial charge is 0.507 e. The number of nitrogens with one attached hydrogen (secondary N) is 1. The van der Waals surface area contributed by atoms with E-state index in [9.17, 15) is 9.90 Å². The Morgan fingerprint density at radius 1 is 1.41 bits per heavy atom. The normalized spacial score (nSPS) is 10.2. The molecular weight excluding hydrogens is 242 g/mol. The predicted octanol–water partition coefficient (Wildman–Crippen LogP) is 2.57. The lowest BCUT2D eigenvalue weighted by Crippen LogP contribution is -2.22. The average Bonchev–Trinajstić information content (AvgIpc) is 2.78. The topological polar surface area (TPSA) is 62.5 Å². The molecule has 2 aromatic rings. The zero-order chi connectivity index (χ0) is 12.3. The fourth-order valence-corrected chi connectivity index (χ4v) is 1.53. The van der Waals surface area contributed by atoms with Crippen molar-refractivity contribution in [3.63, 3.8) is 0 Å². The van der Waals surface area contributed by atoms with Crippen LogP contribution in [0.4, 0.5) is 0 Å². The molecule has 5 heteroatoms. The number of benzene rings is 1. The second-order valence-electron chi connectivity index (χ2n) is 3.48. The smallest absolute Gasteiger partial charge is 0.255 e. The quantitative estimate of drug-likeness (QED) is 0.881. The number of rotatable bonds is 3. The Balaban J connectivity index is 2.04. The van der Waals surface area contributed by atoms with Gasteiger partial charge in [0.25, 0.3) is 5.91 Å². The van der Waals surface area contributed by atoms with Gasteiger partial charge in [-0.2, -0.15) is 0 Å².